The van der Waals surface area contributed by atoms with E-state index < -0.39 is 5.91 Å². The number of amides is 2. The highest BCUT2D eigenvalue weighted by Gasteiger charge is 2.14. The van der Waals surface area contributed by atoms with Crippen LogP contribution in [0.5, 0.6) is 0 Å². The van der Waals surface area contributed by atoms with E-state index in [0.29, 0.717) is 12.5 Å². The third-order valence-corrected chi connectivity index (χ3v) is 2.65. The second-order valence-electron chi connectivity index (χ2n) is 3.95. The fourth-order valence-corrected chi connectivity index (χ4v) is 1.87. The molecule has 14 heavy (non-hydrogen) atoms. The highest BCUT2D eigenvalue weighted by molar-refractivity contribution is 5.95. The second-order valence-corrected chi connectivity index (χ2v) is 3.95. The van der Waals surface area contributed by atoms with E-state index in [2.05, 4.69) is 5.32 Å². The molecule has 1 rings (SSSR count). The first-order chi connectivity index (χ1) is 6.68. The van der Waals surface area contributed by atoms with Gasteiger partial charge in [-0.15, -0.1) is 0 Å². The van der Waals surface area contributed by atoms with Crippen LogP contribution in [0.4, 0.5) is 0 Å². The van der Waals surface area contributed by atoms with Crippen molar-refractivity contribution in [1.82, 2.24) is 5.32 Å². The lowest BCUT2D eigenvalue weighted by atomic mass is 9.89. The topological polar surface area (TPSA) is 72.2 Å². The Balaban J connectivity index is 2.12. The summed E-state index contributed by atoms with van der Waals surface area (Å²) in [6.45, 7) is 0.701. The maximum Gasteiger partial charge on any atom is 0.229 e. The van der Waals surface area contributed by atoms with Crippen LogP contribution < -0.4 is 11.1 Å². The number of hydrogen-bond acceptors (Lipinski definition) is 2. The summed E-state index contributed by atoms with van der Waals surface area (Å²) >= 11 is 0. The van der Waals surface area contributed by atoms with Gasteiger partial charge in [-0.05, 0) is 18.8 Å². The van der Waals surface area contributed by atoms with Crippen molar-refractivity contribution >= 4 is 11.8 Å². The van der Waals surface area contributed by atoms with Gasteiger partial charge in [-0.25, -0.2) is 0 Å². The summed E-state index contributed by atoms with van der Waals surface area (Å²) in [6.07, 6.45) is 6.03. The van der Waals surface area contributed by atoms with Gasteiger partial charge < -0.3 is 11.1 Å². The molecule has 1 aliphatic rings. The van der Waals surface area contributed by atoms with Gasteiger partial charge in [0.05, 0.1) is 0 Å². The maximum atomic E-state index is 11.1. The number of hydrogen-bond donors (Lipinski definition) is 2. The van der Waals surface area contributed by atoms with Crippen molar-refractivity contribution in [1.29, 1.82) is 0 Å². The first-order valence-electron chi connectivity index (χ1n) is 5.23. The van der Waals surface area contributed by atoms with E-state index in [0.717, 1.165) is 0 Å². The molecule has 1 saturated carbocycles. The van der Waals surface area contributed by atoms with Gasteiger partial charge in [0, 0.05) is 6.54 Å². The lowest BCUT2D eigenvalue weighted by Gasteiger charge is -2.21. The van der Waals surface area contributed by atoms with Crippen molar-refractivity contribution < 1.29 is 9.59 Å². The Morgan fingerprint density at radius 1 is 1.21 bits per heavy atom. The van der Waals surface area contributed by atoms with Crippen LogP contribution in [-0.2, 0) is 9.59 Å². The van der Waals surface area contributed by atoms with Crippen LogP contribution in [0.25, 0.3) is 0 Å². The fraction of sp³-hybridized carbons (Fsp3) is 0.800. The molecular formula is C10H18N2O2. The molecule has 0 spiro atoms. The summed E-state index contributed by atoms with van der Waals surface area (Å²) in [4.78, 5) is 21.5. The molecule has 0 saturated heterocycles. The summed E-state index contributed by atoms with van der Waals surface area (Å²) < 4.78 is 0. The molecule has 0 heterocycles. The van der Waals surface area contributed by atoms with Crippen LogP contribution in [0.15, 0.2) is 0 Å². The molecule has 80 valence electrons. The van der Waals surface area contributed by atoms with Gasteiger partial charge in [-0.2, -0.15) is 0 Å². The third kappa shape index (κ3) is 4.25. The summed E-state index contributed by atoms with van der Waals surface area (Å²) in [6, 6.07) is 0. The molecule has 0 aromatic carbocycles. The zero-order chi connectivity index (χ0) is 10.4. The van der Waals surface area contributed by atoms with Gasteiger partial charge in [-0.1, -0.05) is 19.3 Å². The molecule has 0 aromatic rings. The van der Waals surface area contributed by atoms with Crippen LogP contribution in [0.2, 0.25) is 0 Å². The average Bonchev–Trinajstić information content (AvgIpc) is 2.15. The molecule has 0 bridgehead atoms. The lowest BCUT2D eigenvalue weighted by Crippen LogP contribution is -2.32. The van der Waals surface area contributed by atoms with E-state index in [1.165, 1.54) is 32.1 Å². The van der Waals surface area contributed by atoms with E-state index in [4.69, 9.17) is 5.73 Å². The minimum atomic E-state index is -0.564. The zero-order valence-electron chi connectivity index (χ0n) is 8.42. The molecule has 1 aliphatic carbocycles. The van der Waals surface area contributed by atoms with E-state index in [1.807, 2.05) is 0 Å². The van der Waals surface area contributed by atoms with Gasteiger partial charge in [-0.3, -0.25) is 9.59 Å². The summed E-state index contributed by atoms with van der Waals surface area (Å²) in [5.74, 6) is -0.213. The van der Waals surface area contributed by atoms with Gasteiger partial charge in [0.1, 0.15) is 6.42 Å². The number of carbonyl (C=O) groups is 2. The first kappa shape index (κ1) is 11.0. The first-order valence-corrected chi connectivity index (χ1v) is 5.23. The zero-order valence-corrected chi connectivity index (χ0v) is 8.42. The second kappa shape index (κ2) is 5.62. The Morgan fingerprint density at radius 3 is 2.43 bits per heavy atom. The molecule has 0 aromatic heterocycles. The molecule has 0 radical (unpaired) electrons. The Hall–Kier alpha value is -1.06. The lowest BCUT2D eigenvalue weighted by molar-refractivity contribution is -0.127. The standard InChI is InChI=1S/C10H18N2O2/c11-9(13)6-10(14)12-7-8-4-2-1-3-5-8/h8H,1-7H2,(H2,11,13)(H,12,14). The van der Waals surface area contributed by atoms with E-state index >= 15 is 0 Å². The summed E-state index contributed by atoms with van der Waals surface area (Å²) in [5.41, 5.74) is 4.90. The monoisotopic (exact) mass is 198 g/mol. The number of carbonyl (C=O) groups excluding carboxylic acids is 2. The predicted molar refractivity (Wildman–Crippen MR) is 53.4 cm³/mol. The molecule has 4 nitrogen and oxygen atoms in total. The van der Waals surface area contributed by atoms with Crippen LogP contribution in [0.3, 0.4) is 0 Å². The Bertz CT molecular complexity index is 210. The molecule has 1 fully saturated rings. The molecule has 3 N–H and O–H groups in total. The Morgan fingerprint density at radius 2 is 1.86 bits per heavy atom. The minimum Gasteiger partial charge on any atom is -0.369 e. The van der Waals surface area contributed by atoms with Crippen LogP contribution >= 0.6 is 0 Å². The normalized spacial score (nSPS) is 17.7. The average molecular weight is 198 g/mol. The summed E-state index contributed by atoms with van der Waals surface area (Å²) in [7, 11) is 0. The smallest absolute Gasteiger partial charge is 0.229 e. The van der Waals surface area contributed by atoms with E-state index in [9.17, 15) is 9.59 Å². The SMILES string of the molecule is NC(=O)CC(=O)NCC1CCCCC1. The van der Waals surface area contributed by atoms with Gasteiger partial charge in [0.15, 0.2) is 0 Å². The Kier molecular flexibility index (Phi) is 4.43. The maximum absolute atomic E-state index is 11.1. The molecule has 0 aliphatic heterocycles. The largest absolute Gasteiger partial charge is 0.369 e. The summed E-state index contributed by atoms with van der Waals surface area (Å²) in [5, 5.41) is 2.74. The highest BCUT2D eigenvalue weighted by atomic mass is 16.2. The molecular weight excluding hydrogens is 180 g/mol. The number of primary amides is 1. The van der Waals surface area contributed by atoms with Gasteiger partial charge in [0.2, 0.25) is 11.8 Å². The predicted octanol–water partition coefficient (Wildman–Crippen LogP) is 0.558. The van der Waals surface area contributed by atoms with E-state index in [1.54, 1.807) is 0 Å². The number of nitrogens with one attached hydrogen (secondary N) is 1. The van der Waals surface area contributed by atoms with Crippen molar-refractivity contribution in [3.63, 3.8) is 0 Å². The number of nitrogens with two attached hydrogens (primary N) is 1. The molecule has 4 heteroatoms. The van der Waals surface area contributed by atoms with Crippen LogP contribution in [0.1, 0.15) is 38.5 Å². The fourth-order valence-electron chi connectivity index (χ4n) is 1.87. The van der Waals surface area contributed by atoms with Gasteiger partial charge >= 0.3 is 0 Å². The quantitative estimate of drug-likeness (QED) is 0.648. The molecule has 0 unspecified atom stereocenters. The van der Waals surface area contributed by atoms with E-state index in [-0.39, 0.29) is 12.3 Å². The van der Waals surface area contributed by atoms with Crippen molar-refractivity contribution in [3.05, 3.63) is 0 Å². The van der Waals surface area contributed by atoms with Crippen molar-refractivity contribution in [2.24, 2.45) is 11.7 Å². The molecule has 0 atom stereocenters. The highest BCUT2D eigenvalue weighted by Crippen LogP contribution is 2.22. The minimum absolute atomic E-state index is 0.188. The Labute approximate surface area is 84.2 Å². The van der Waals surface area contributed by atoms with Crippen molar-refractivity contribution in [2.75, 3.05) is 6.54 Å². The van der Waals surface area contributed by atoms with Crippen LogP contribution in [-0.4, -0.2) is 18.4 Å². The molecule has 2 amide bonds. The van der Waals surface area contributed by atoms with Gasteiger partial charge in [0.25, 0.3) is 0 Å². The van der Waals surface area contributed by atoms with Crippen molar-refractivity contribution in [3.8, 4) is 0 Å². The van der Waals surface area contributed by atoms with Crippen molar-refractivity contribution in [2.45, 2.75) is 38.5 Å². The number of rotatable bonds is 4. The third-order valence-electron chi connectivity index (χ3n) is 2.65. The van der Waals surface area contributed by atoms with Crippen LogP contribution in [0, 0.1) is 5.92 Å².